The number of allylic oxidation sites excluding steroid dienone is 3. The number of nitrogens with one attached hydrogen (secondary N) is 1. The van der Waals surface area contributed by atoms with Crippen LogP contribution in [0.4, 0.5) is 4.39 Å². The highest BCUT2D eigenvalue weighted by atomic mass is 35.5. The molecule has 0 amide bonds. The van der Waals surface area contributed by atoms with E-state index in [1.165, 1.54) is 6.07 Å². The molecule has 1 aromatic carbocycles. The van der Waals surface area contributed by atoms with Gasteiger partial charge >= 0.3 is 0 Å². The van der Waals surface area contributed by atoms with Crippen LogP contribution >= 0.6 is 11.6 Å². The molecule has 23 heavy (non-hydrogen) atoms. The Hall–Kier alpha value is -1.87. The molecular weight excluding hydrogens is 311 g/mol. The number of benzene rings is 1. The first-order valence-corrected chi connectivity index (χ1v) is 8.38. The summed E-state index contributed by atoms with van der Waals surface area (Å²) in [5, 5.41) is 3.59. The third-order valence-electron chi connectivity index (χ3n) is 3.30. The summed E-state index contributed by atoms with van der Waals surface area (Å²) in [6.45, 7) is 9.97. The van der Waals surface area contributed by atoms with E-state index < -0.39 is 0 Å². The van der Waals surface area contributed by atoms with Crippen molar-refractivity contribution in [2.45, 2.75) is 40.7 Å². The molecule has 0 bridgehead atoms. The lowest BCUT2D eigenvalue weighted by Crippen LogP contribution is -2.24. The normalized spacial score (nSPS) is 18.3. The van der Waals surface area contributed by atoms with Crippen LogP contribution in [0.3, 0.4) is 0 Å². The minimum Gasteiger partial charge on any atom is -0.350 e. The van der Waals surface area contributed by atoms with Gasteiger partial charge in [-0.15, -0.1) is 0 Å². The fourth-order valence-electron chi connectivity index (χ4n) is 2.28. The van der Waals surface area contributed by atoms with Crippen LogP contribution in [-0.4, -0.2) is 12.4 Å². The molecule has 3 rings (SSSR count). The fraction of sp³-hybridized carbons (Fsp3) is 0.316. The molecule has 0 radical (unpaired) electrons. The van der Waals surface area contributed by atoms with Crippen molar-refractivity contribution in [3.05, 3.63) is 64.1 Å². The Morgan fingerprint density at radius 3 is 2.43 bits per heavy atom. The average molecular weight is 335 g/mol. The first kappa shape index (κ1) is 19.2. The van der Waals surface area contributed by atoms with Crippen molar-refractivity contribution in [1.82, 2.24) is 5.32 Å². The summed E-state index contributed by atoms with van der Waals surface area (Å²) in [5.41, 5.74) is 3.24. The topological polar surface area (TPSA) is 24.4 Å². The van der Waals surface area contributed by atoms with Gasteiger partial charge in [0.1, 0.15) is 5.82 Å². The molecule has 1 N–H and O–H groups in total. The zero-order valence-electron chi connectivity index (χ0n) is 14.3. The molecule has 2 nitrogen and oxygen atoms in total. The van der Waals surface area contributed by atoms with Crippen LogP contribution in [0.2, 0.25) is 0 Å². The predicted octanol–water partition coefficient (Wildman–Crippen LogP) is 5.67. The van der Waals surface area contributed by atoms with E-state index in [1.807, 2.05) is 46.8 Å². The Labute approximate surface area is 143 Å². The summed E-state index contributed by atoms with van der Waals surface area (Å²) in [6, 6.07) is 6.52. The predicted molar refractivity (Wildman–Crippen MR) is 99.1 cm³/mol. The molecule has 1 atom stereocenters. The molecule has 1 unspecified atom stereocenters. The standard InChI is InChI=1S/C15H12ClFN2.2C2H6/c1-9-11-6-13(16)12(7-15(11)19-8-18-9)10-4-2-3-5-14(10)17;2*1-2/h2-8,15H,1H3,(H,18,19);2*1-2H3. The van der Waals surface area contributed by atoms with E-state index in [1.54, 1.807) is 24.5 Å². The third-order valence-corrected chi connectivity index (χ3v) is 3.61. The van der Waals surface area contributed by atoms with Gasteiger partial charge in [0, 0.05) is 27.4 Å². The van der Waals surface area contributed by atoms with Crippen LogP contribution in [0.1, 0.15) is 40.2 Å². The monoisotopic (exact) mass is 334 g/mol. The van der Waals surface area contributed by atoms with Crippen LogP contribution < -0.4 is 5.32 Å². The maximum absolute atomic E-state index is 13.9. The SMILES string of the molecule is CC.CC.CC1=C2C=C(Cl)C(c3ccccc3F)=CC2N=CN1. The molecule has 0 aromatic heterocycles. The number of nitrogens with zero attached hydrogens (tertiary/aromatic N) is 1. The van der Waals surface area contributed by atoms with Gasteiger partial charge in [-0.05, 0) is 25.1 Å². The second-order valence-electron chi connectivity index (χ2n) is 4.50. The average Bonchev–Trinajstić information content (AvgIpc) is 2.60. The molecule has 2 aliphatic rings. The molecular formula is C19H24ClFN2. The molecule has 1 heterocycles. The molecule has 0 saturated carbocycles. The second kappa shape index (κ2) is 9.31. The van der Waals surface area contributed by atoms with Gasteiger partial charge in [0.05, 0.1) is 12.4 Å². The van der Waals surface area contributed by atoms with E-state index in [2.05, 4.69) is 10.3 Å². The summed E-state index contributed by atoms with van der Waals surface area (Å²) in [7, 11) is 0. The van der Waals surface area contributed by atoms with Crippen molar-refractivity contribution in [3.63, 3.8) is 0 Å². The number of rotatable bonds is 1. The van der Waals surface area contributed by atoms with Gasteiger partial charge in [0.15, 0.2) is 0 Å². The number of fused-ring (bicyclic) bond motifs is 1. The van der Waals surface area contributed by atoms with Crippen molar-refractivity contribution in [2.75, 3.05) is 0 Å². The quantitative estimate of drug-likeness (QED) is 0.702. The Bertz CT molecular complexity index is 657. The van der Waals surface area contributed by atoms with Gasteiger partial charge < -0.3 is 5.32 Å². The Balaban J connectivity index is 0.000000615. The summed E-state index contributed by atoms with van der Waals surface area (Å²) in [5.74, 6) is -0.276. The number of hydrogen-bond acceptors (Lipinski definition) is 2. The highest BCUT2D eigenvalue weighted by Gasteiger charge is 2.23. The highest BCUT2D eigenvalue weighted by molar-refractivity contribution is 6.37. The Morgan fingerprint density at radius 2 is 1.78 bits per heavy atom. The third kappa shape index (κ3) is 4.32. The second-order valence-corrected chi connectivity index (χ2v) is 4.91. The maximum atomic E-state index is 13.9. The molecule has 1 aliphatic heterocycles. The Kier molecular flexibility index (Phi) is 7.76. The molecule has 0 saturated heterocycles. The molecule has 0 fully saturated rings. The van der Waals surface area contributed by atoms with Crippen molar-refractivity contribution >= 4 is 23.5 Å². The number of halogens is 2. The first-order chi connectivity index (χ1) is 11.2. The molecule has 4 heteroatoms. The lowest BCUT2D eigenvalue weighted by Gasteiger charge is -2.24. The van der Waals surface area contributed by atoms with Gasteiger partial charge in [-0.2, -0.15) is 0 Å². The van der Waals surface area contributed by atoms with Crippen LogP contribution in [0.15, 0.2) is 57.7 Å². The summed E-state index contributed by atoms with van der Waals surface area (Å²) in [6.07, 6.45) is 5.41. The van der Waals surface area contributed by atoms with Crippen molar-refractivity contribution in [1.29, 1.82) is 0 Å². The zero-order valence-corrected chi connectivity index (χ0v) is 15.1. The summed E-state index contributed by atoms with van der Waals surface area (Å²) in [4.78, 5) is 4.35. The largest absolute Gasteiger partial charge is 0.350 e. The maximum Gasteiger partial charge on any atom is 0.131 e. The van der Waals surface area contributed by atoms with E-state index >= 15 is 0 Å². The molecule has 124 valence electrons. The zero-order chi connectivity index (χ0) is 17.4. The van der Waals surface area contributed by atoms with Crippen LogP contribution in [0.5, 0.6) is 0 Å². The Morgan fingerprint density at radius 1 is 1.13 bits per heavy atom. The van der Waals surface area contributed by atoms with Crippen LogP contribution in [0, 0.1) is 5.82 Å². The van der Waals surface area contributed by atoms with Gasteiger partial charge in [0.2, 0.25) is 0 Å². The number of hydrogen-bond donors (Lipinski definition) is 1. The molecule has 0 spiro atoms. The lowest BCUT2D eigenvalue weighted by molar-refractivity contribution is 0.624. The summed E-state index contributed by atoms with van der Waals surface area (Å²) >= 11 is 6.29. The van der Waals surface area contributed by atoms with E-state index in [4.69, 9.17) is 11.6 Å². The molecule has 1 aromatic rings. The van der Waals surface area contributed by atoms with Crippen molar-refractivity contribution < 1.29 is 4.39 Å². The van der Waals surface area contributed by atoms with Gasteiger partial charge in [-0.3, -0.25) is 4.99 Å². The van der Waals surface area contributed by atoms with Gasteiger partial charge in [-0.25, -0.2) is 4.39 Å². The smallest absolute Gasteiger partial charge is 0.131 e. The van der Waals surface area contributed by atoms with E-state index in [9.17, 15) is 4.39 Å². The summed E-state index contributed by atoms with van der Waals surface area (Å²) < 4.78 is 13.9. The van der Waals surface area contributed by atoms with Crippen molar-refractivity contribution in [2.24, 2.45) is 4.99 Å². The van der Waals surface area contributed by atoms with Crippen LogP contribution in [-0.2, 0) is 0 Å². The van der Waals surface area contributed by atoms with Crippen LogP contribution in [0.25, 0.3) is 5.57 Å². The van der Waals surface area contributed by atoms with E-state index in [-0.39, 0.29) is 11.9 Å². The van der Waals surface area contributed by atoms with Gasteiger partial charge in [-0.1, -0.05) is 57.5 Å². The first-order valence-electron chi connectivity index (χ1n) is 8.00. The van der Waals surface area contributed by atoms with Gasteiger partial charge in [0.25, 0.3) is 0 Å². The highest BCUT2D eigenvalue weighted by Crippen LogP contribution is 2.36. The van der Waals surface area contributed by atoms with Crippen molar-refractivity contribution in [3.8, 4) is 0 Å². The van der Waals surface area contributed by atoms with E-state index in [0.29, 0.717) is 16.2 Å². The minimum atomic E-state index is -0.276. The minimum absolute atomic E-state index is 0.0987. The lowest BCUT2D eigenvalue weighted by atomic mass is 9.91. The number of aliphatic imine (C=N–C) groups is 1. The fourth-order valence-corrected chi connectivity index (χ4v) is 2.56. The molecule has 1 aliphatic carbocycles. The van der Waals surface area contributed by atoms with E-state index in [0.717, 1.165) is 11.3 Å².